The van der Waals surface area contributed by atoms with Crippen molar-refractivity contribution in [2.75, 3.05) is 5.32 Å². The number of amides is 1. The SMILES string of the molecule is O=C(Nc1cc(C#Cc2ccncc2)ccc1C#Cc1ccncc1)c1ccccc1. The van der Waals surface area contributed by atoms with Crippen molar-refractivity contribution in [3.05, 3.63) is 125 Å². The van der Waals surface area contributed by atoms with E-state index < -0.39 is 0 Å². The molecule has 0 radical (unpaired) electrons. The Hall–Kier alpha value is -4.67. The Morgan fingerprint density at radius 3 is 1.87 bits per heavy atom. The van der Waals surface area contributed by atoms with E-state index in [4.69, 9.17) is 0 Å². The van der Waals surface area contributed by atoms with Crippen LogP contribution in [0, 0.1) is 23.7 Å². The van der Waals surface area contributed by atoms with Crippen LogP contribution in [0.5, 0.6) is 0 Å². The second-order valence-electron chi connectivity index (χ2n) is 6.55. The molecular formula is C27H17N3O. The van der Waals surface area contributed by atoms with Gasteiger partial charge >= 0.3 is 0 Å². The zero-order chi connectivity index (χ0) is 21.3. The first-order valence-electron chi connectivity index (χ1n) is 9.62. The molecular weight excluding hydrogens is 382 g/mol. The molecule has 1 amide bonds. The lowest BCUT2D eigenvalue weighted by Crippen LogP contribution is -2.12. The van der Waals surface area contributed by atoms with Crippen LogP contribution in [-0.2, 0) is 0 Å². The van der Waals surface area contributed by atoms with Crippen LogP contribution >= 0.6 is 0 Å². The molecule has 0 spiro atoms. The molecule has 0 saturated heterocycles. The Labute approximate surface area is 181 Å². The normalized spacial score (nSPS) is 9.55. The number of pyridine rings is 2. The third-order valence-corrected chi connectivity index (χ3v) is 4.36. The van der Waals surface area contributed by atoms with Crippen LogP contribution in [0.3, 0.4) is 0 Å². The fourth-order valence-electron chi connectivity index (χ4n) is 2.77. The Balaban J connectivity index is 1.68. The van der Waals surface area contributed by atoms with Crippen molar-refractivity contribution in [1.82, 2.24) is 9.97 Å². The van der Waals surface area contributed by atoms with Gasteiger partial charge in [0.2, 0.25) is 0 Å². The van der Waals surface area contributed by atoms with Crippen molar-refractivity contribution in [3.63, 3.8) is 0 Å². The summed E-state index contributed by atoms with van der Waals surface area (Å²) in [6, 6.07) is 22.0. The van der Waals surface area contributed by atoms with Gasteiger partial charge in [0, 0.05) is 52.6 Å². The number of nitrogens with zero attached hydrogens (tertiary/aromatic N) is 2. The van der Waals surface area contributed by atoms with Crippen molar-refractivity contribution < 1.29 is 4.79 Å². The van der Waals surface area contributed by atoms with Gasteiger partial charge in [0.25, 0.3) is 5.91 Å². The summed E-state index contributed by atoms with van der Waals surface area (Å²) in [5.41, 5.74) is 4.37. The zero-order valence-electron chi connectivity index (χ0n) is 16.5. The van der Waals surface area contributed by atoms with Gasteiger partial charge in [-0.05, 0) is 54.6 Å². The molecule has 0 fully saturated rings. The zero-order valence-corrected chi connectivity index (χ0v) is 16.5. The van der Waals surface area contributed by atoms with Crippen LogP contribution in [0.25, 0.3) is 0 Å². The maximum Gasteiger partial charge on any atom is 0.255 e. The monoisotopic (exact) mass is 399 g/mol. The fourth-order valence-corrected chi connectivity index (χ4v) is 2.77. The molecule has 4 heteroatoms. The minimum Gasteiger partial charge on any atom is -0.321 e. The van der Waals surface area contributed by atoms with Gasteiger partial charge in [-0.1, -0.05) is 41.9 Å². The molecule has 0 unspecified atom stereocenters. The predicted molar refractivity (Wildman–Crippen MR) is 121 cm³/mol. The molecule has 1 N–H and O–H groups in total. The number of benzene rings is 2. The fraction of sp³-hybridized carbons (Fsp3) is 0. The quantitative estimate of drug-likeness (QED) is 0.504. The summed E-state index contributed by atoms with van der Waals surface area (Å²) in [6.07, 6.45) is 6.79. The molecule has 0 atom stereocenters. The number of hydrogen-bond donors (Lipinski definition) is 1. The molecule has 2 aromatic carbocycles. The third kappa shape index (κ3) is 5.44. The highest BCUT2D eigenvalue weighted by atomic mass is 16.1. The maximum atomic E-state index is 12.7. The summed E-state index contributed by atoms with van der Waals surface area (Å²) >= 11 is 0. The summed E-state index contributed by atoms with van der Waals surface area (Å²) in [7, 11) is 0. The summed E-state index contributed by atoms with van der Waals surface area (Å²) in [6.45, 7) is 0. The Morgan fingerprint density at radius 2 is 1.23 bits per heavy atom. The van der Waals surface area contributed by atoms with Crippen LogP contribution in [0.2, 0.25) is 0 Å². The number of carbonyl (C=O) groups is 1. The van der Waals surface area contributed by atoms with Crippen LogP contribution in [0.1, 0.15) is 32.6 Å². The van der Waals surface area contributed by atoms with Crippen LogP contribution in [0.4, 0.5) is 5.69 Å². The number of carbonyl (C=O) groups excluding carboxylic acids is 1. The molecule has 146 valence electrons. The average Bonchev–Trinajstić information content (AvgIpc) is 2.84. The highest BCUT2D eigenvalue weighted by molar-refractivity contribution is 6.05. The maximum absolute atomic E-state index is 12.7. The van der Waals surface area contributed by atoms with E-state index in [0.29, 0.717) is 16.8 Å². The van der Waals surface area contributed by atoms with Gasteiger partial charge in [-0.25, -0.2) is 0 Å². The van der Waals surface area contributed by atoms with Crippen molar-refractivity contribution >= 4 is 11.6 Å². The van der Waals surface area contributed by atoms with E-state index in [1.807, 2.05) is 60.7 Å². The predicted octanol–water partition coefficient (Wildman–Crippen LogP) is 4.53. The molecule has 0 saturated carbocycles. The molecule has 0 bridgehead atoms. The minimum atomic E-state index is -0.202. The Bertz CT molecular complexity index is 1310. The molecule has 2 aromatic heterocycles. The lowest BCUT2D eigenvalue weighted by atomic mass is 10.1. The first-order chi connectivity index (χ1) is 15.3. The number of hydrogen-bond acceptors (Lipinski definition) is 3. The smallest absolute Gasteiger partial charge is 0.255 e. The van der Waals surface area contributed by atoms with Crippen LogP contribution in [0.15, 0.2) is 97.6 Å². The molecule has 4 aromatic rings. The minimum absolute atomic E-state index is 0.202. The number of aromatic nitrogens is 2. The van der Waals surface area contributed by atoms with E-state index in [-0.39, 0.29) is 5.91 Å². The second-order valence-corrected chi connectivity index (χ2v) is 6.55. The van der Waals surface area contributed by atoms with E-state index in [0.717, 1.165) is 16.7 Å². The van der Waals surface area contributed by atoms with Gasteiger partial charge in [-0.15, -0.1) is 0 Å². The number of nitrogens with one attached hydrogen (secondary N) is 1. The van der Waals surface area contributed by atoms with Crippen LogP contribution in [-0.4, -0.2) is 15.9 Å². The summed E-state index contributed by atoms with van der Waals surface area (Å²) in [5, 5.41) is 2.97. The van der Waals surface area contributed by atoms with Crippen molar-refractivity contribution in [3.8, 4) is 23.7 Å². The molecule has 4 nitrogen and oxygen atoms in total. The standard InChI is InChI=1S/C27H17N3O/c31-27(25-4-2-1-3-5-25)30-26-20-23(7-6-21-12-16-28-17-13-21)9-11-24(26)10-8-22-14-18-29-19-15-22/h1-5,9,11-20H,(H,30,31). The van der Waals surface area contributed by atoms with Gasteiger partial charge in [-0.2, -0.15) is 0 Å². The summed E-state index contributed by atoms with van der Waals surface area (Å²) in [5.74, 6) is 12.3. The number of rotatable bonds is 2. The molecule has 0 aliphatic heterocycles. The largest absolute Gasteiger partial charge is 0.321 e. The van der Waals surface area contributed by atoms with Crippen molar-refractivity contribution in [1.29, 1.82) is 0 Å². The van der Waals surface area contributed by atoms with E-state index >= 15 is 0 Å². The third-order valence-electron chi connectivity index (χ3n) is 4.36. The lowest BCUT2D eigenvalue weighted by Gasteiger charge is -2.08. The molecule has 0 aliphatic rings. The van der Waals surface area contributed by atoms with Crippen LogP contribution < -0.4 is 5.32 Å². The summed E-state index contributed by atoms with van der Waals surface area (Å²) < 4.78 is 0. The Kier molecular flexibility index (Phi) is 6.14. The molecule has 0 aliphatic carbocycles. The van der Waals surface area contributed by atoms with Gasteiger partial charge in [0.15, 0.2) is 0 Å². The van der Waals surface area contributed by atoms with E-state index in [2.05, 4.69) is 39.0 Å². The van der Waals surface area contributed by atoms with Crippen molar-refractivity contribution in [2.24, 2.45) is 0 Å². The average molecular weight is 399 g/mol. The van der Waals surface area contributed by atoms with Gasteiger partial charge in [0.05, 0.1) is 5.69 Å². The van der Waals surface area contributed by atoms with Crippen molar-refractivity contribution in [2.45, 2.75) is 0 Å². The van der Waals surface area contributed by atoms with E-state index in [9.17, 15) is 4.79 Å². The summed E-state index contributed by atoms with van der Waals surface area (Å²) in [4.78, 5) is 20.7. The topological polar surface area (TPSA) is 54.9 Å². The molecule has 4 rings (SSSR count). The Morgan fingerprint density at radius 1 is 0.645 bits per heavy atom. The molecule has 31 heavy (non-hydrogen) atoms. The number of anilines is 1. The lowest BCUT2D eigenvalue weighted by molar-refractivity contribution is 0.102. The van der Waals surface area contributed by atoms with E-state index in [1.54, 1.807) is 36.9 Å². The highest BCUT2D eigenvalue weighted by Crippen LogP contribution is 2.18. The molecule has 2 heterocycles. The van der Waals surface area contributed by atoms with E-state index in [1.165, 1.54) is 0 Å². The first-order valence-corrected chi connectivity index (χ1v) is 9.62. The highest BCUT2D eigenvalue weighted by Gasteiger charge is 2.09. The van der Waals surface area contributed by atoms with Gasteiger partial charge < -0.3 is 5.32 Å². The van der Waals surface area contributed by atoms with Gasteiger partial charge in [0.1, 0.15) is 0 Å². The van der Waals surface area contributed by atoms with Gasteiger partial charge in [-0.3, -0.25) is 14.8 Å². The second kappa shape index (κ2) is 9.69. The first kappa shape index (κ1) is 19.6.